The zero-order chi connectivity index (χ0) is 18.0. The molecule has 0 radical (unpaired) electrons. The summed E-state index contributed by atoms with van der Waals surface area (Å²) in [6.45, 7) is 7.93. The van der Waals surface area contributed by atoms with Gasteiger partial charge < -0.3 is 4.74 Å². The van der Waals surface area contributed by atoms with Crippen molar-refractivity contribution in [1.82, 2.24) is 9.97 Å². The highest BCUT2D eigenvalue weighted by atomic mass is 32.2. The first-order chi connectivity index (χ1) is 12.0. The van der Waals surface area contributed by atoms with E-state index in [1.165, 1.54) is 10.4 Å². The summed E-state index contributed by atoms with van der Waals surface area (Å²) in [6.07, 6.45) is 1.52. The zero-order valence-electron chi connectivity index (χ0n) is 14.7. The number of thioether (sulfide) groups is 1. The highest BCUT2D eigenvalue weighted by molar-refractivity contribution is 7.98. The van der Waals surface area contributed by atoms with Gasteiger partial charge in [-0.05, 0) is 51.0 Å². The number of rotatable bonds is 5. The van der Waals surface area contributed by atoms with E-state index in [0.717, 1.165) is 26.6 Å². The standard InChI is InChI=1S/C19H20N2O2S2/c1-11(2)23-19(22)15-7-5-14(6-8-15)9-24-17-16-12(3)13(4)25-18(16)21-10-20-17/h5-8,10-11H,9H2,1-4H3. The minimum Gasteiger partial charge on any atom is -0.459 e. The molecular formula is C19H20N2O2S2. The van der Waals surface area contributed by atoms with Gasteiger partial charge in [0.2, 0.25) is 0 Å². The molecule has 0 atom stereocenters. The molecule has 130 valence electrons. The van der Waals surface area contributed by atoms with Crippen molar-refractivity contribution in [3.8, 4) is 0 Å². The molecule has 0 aliphatic heterocycles. The third-order valence-corrected chi connectivity index (χ3v) is 6.01. The summed E-state index contributed by atoms with van der Waals surface area (Å²) in [5.74, 6) is 0.510. The molecule has 0 aliphatic carbocycles. The maximum Gasteiger partial charge on any atom is 0.338 e. The van der Waals surface area contributed by atoms with Gasteiger partial charge in [0.05, 0.1) is 11.7 Å². The number of aromatic nitrogens is 2. The monoisotopic (exact) mass is 372 g/mol. The number of benzene rings is 1. The second-order valence-corrected chi connectivity index (χ2v) is 8.25. The van der Waals surface area contributed by atoms with Crippen molar-refractivity contribution in [2.45, 2.75) is 44.6 Å². The molecule has 1 aromatic carbocycles. The van der Waals surface area contributed by atoms with Crippen molar-refractivity contribution < 1.29 is 9.53 Å². The molecular weight excluding hydrogens is 352 g/mol. The molecule has 3 rings (SSSR count). The molecule has 0 bridgehead atoms. The van der Waals surface area contributed by atoms with Gasteiger partial charge in [0.1, 0.15) is 16.2 Å². The first kappa shape index (κ1) is 17.9. The van der Waals surface area contributed by atoms with Crippen LogP contribution in [0, 0.1) is 13.8 Å². The Morgan fingerprint density at radius 2 is 1.92 bits per heavy atom. The summed E-state index contributed by atoms with van der Waals surface area (Å²) >= 11 is 3.40. The lowest BCUT2D eigenvalue weighted by molar-refractivity contribution is 0.0378. The first-order valence-corrected chi connectivity index (χ1v) is 9.89. The Labute approximate surface area is 155 Å². The Bertz CT molecular complexity index is 902. The Morgan fingerprint density at radius 3 is 2.60 bits per heavy atom. The van der Waals surface area contributed by atoms with Crippen LogP contribution in [0.4, 0.5) is 0 Å². The predicted molar refractivity (Wildman–Crippen MR) is 103 cm³/mol. The number of carbonyl (C=O) groups is 1. The maximum atomic E-state index is 11.9. The number of nitrogens with zero attached hydrogens (tertiary/aromatic N) is 2. The molecule has 6 heteroatoms. The molecule has 4 nitrogen and oxygen atoms in total. The first-order valence-electron chi connectivity index (χ1n) is 8.09. The number of hydrogen-bond donors (Lipinski definition) is 0. The summed E-state index contributed by atoms with van der Waals surface area (Å²) < 4.78 is 5.21. The molecule has 0 saturated carbocycles. The van der Waals surface area contributed by atoms with E-state index in [1.807, 2.05) is 38.1 Å². The Kier molecular flexibility index (Phi) is 5.39. The van der Waals surface area contributed by atoms with E-state index in [9.17, 15) is 4.79 Å². The molecule has 0 unspecified atom stereocenters. The molecule has 2 heterocycles. The van der Waals surface area contributed by atoms with Crippen LogP contribution in [0.15, 0.2) is 35.6 Å². The maximum absolute atomic E-state index is 11.9. The Hall–Kier alpha value is -1.92. The van der Waals surface area contributed by atoms with Crippen LogP contribution >= 0.6 is 23.1 Å². The Balaban J connectivity index is 1.73. The van der Waals surface area contributed by atoms with Gasteiger partial charge in [-0.3, -0.25) is 0 Å². The van der Waals surface area contributed by atoms with E-state index < -0.39 is 0 Å². The molecule has 3 aromatic rings. The lowest BCUT2D eigenvalue weighted by atomic mass is 10.1. The summed E-state index contributed by atoms with van der Waals surface area (Å²) in [5.41, 5.74) is 2.98. The molecule has 0 spiro atoms. The van der Waals surface area contributed by atoms with E-state index in [1.54, 1.807) is 29.4 Å². The normalized spacial score (nSPS) is 11.2. The van der Waals surface area contributed by atoms with Crippen LogP contribution in [0.25, 0.3) is 10.2 Å². The molecule has 0 amide bonds. The molecule has 25 heavy (non-hydrogen) atoms. The number of fused-ring (bicyclic) bond motifs is 1. The summed E-state index contributed by atoms with van der Waals surface area (Å²) in [7, 11) is 0. The predicted octanol–water partition coefficient (Wildman–Crippen LogP) is 5.17. The molecule has 0 N–H and O–H groups in total. The van der Waals surface area contributed by atoms with Gasteiger partial charge in [-0.15, -0.1) is 23.1 Å². The van der Waals surface area contributed by atoms with Crippen LogP contribution < -0.4 is 0 Å². The number of hydrogen-bond acceptors (Lipinski definition) is 6. The second kappa shape index (κ2) is 7.54. The second-order valence-electron chi connectivity index (χ2n) is 6.08. The summed E-state index contributed by atoms with van der Waals surface area (Å²) in [6, 6.07) is 7.56. The Morgan fingerprint density at radius 1 is 1.20 bits per heavy atom. The number of ether oxygens (including phenoxy) is 1. The van der Waals surface area contributed by atoms with Gasteiger partial charge in [-0.1, -0.05) is 12.1 Å². The van der Waals surface area contributed by atoms with Gasteiger partial charge in [-0.25, -0.2) is 14.8 Å². The van der Waals surface area contributed by atoms with Crippen molar-refractivity contribution in [3.63, 3.8) is 0 Å². The number of esters is 1. The average molecular weight is 373 g/mol. The van der Waals surface area contributed by atoms with Crippen LogP contribution in [-0.4, -0.2) is 22.0 Å². The van der Waals surface area contributed by atoms with Gasteiger partial charge in [-0.2, -0.15) is 0 Å². The average Bonchev–Trinajstić information content (AvgIpc) is 2.88. The SMILES string of the molecule is Cc1sc2ncnc(SCc3ccc(C(=O)OC(C)C)cc3)c2c1C. The number of aryl methyl sites for hydroxylation is 2. The van der Waals surface area contributed by atoms with E-state index >= 15 is 0 Å². The minimum absolute atomic E-state index is 0.111. The van der Waals surface area contributed by atoms with Gasteiger partial charge in [0.15, 0.2) is 0 Å². The number of carbonyl (C=O) groups excluding carboxylic acids is 1. The van der Waals surface area contributed by atoms with Crippen LogP contribution in [0.2, 0.25) is 0 Å². The molecule has 2 aromatic heterocycles. The minimum atomic E-state index is -0.281. The fraction of sp³-hybridized carbons (Fsp3) is 0.316. The van der Waals surface area contributed by atoms with Gasteiger partial charge in [0, 0.05) is 16.0 Å². The van der Waals surface area contributed by atoms with E-state index in [2.05, 4.69) is 23.8 Å². The van der Waals surface area contributed by atoms with Crippen molar-refractivity contribution >= 4 is 39.3 Å². The highest BCUT2D eigenvalue weighted by Crippen LogP contribution is 2.35. The van der Waals surface area contributed by atoms with Crippen molar-refractivity contribution in [3.05, 3.63) is 52.2 Å². The van der Waals surface area contributed by atoms with E-state index in [-0.39, 0.29) is 12.1 Å². The summed E-state index contributed by atoms with van der Waals surface area (Å²) in [5, 5.41) is 2.17. The highest BCUT2D eigenvalue weighted by Gasteiger charge is 2.13. The number of thiophene rings is 1. The quantitative estimate of drug-likeness (QED) is 0.351. The largest absolute Gasteiger partial charge is 0.459 e. The van der Waals surface area contributed by atoms with Crippen molar-refractivity contribution in [1.29, 1.82) is 0 Å². The van der Waals surface area contributed by atoms with Crippen molar-refractivity contribution in [2.75, 3.05) is 0 Å². The molecule has 0 saturated heterocycles. The lowest BCUT2D eigenvalue weighted by Crippen LogP contribution is -2.11. The summed E-state index contributed by atoms with van der Waals surface area (Å²) in [4.78, 5) is 23.0. The third-order valence-electron chi connectivity index (χ3n) is 3.84. The third kappa shape index (κ3) is 4.02. The van der Waals surface area contributed by atoms with Crippen LogP contribution in [-0.2, 0) is 10.5 Å². The topological polar surface area (TPSA) is 52.1 Å². The lowest BCUT2D eigenvalue weighted by Gasteiger charge is -2.08. The van der Waals surface area contributed by atoms with Crippen LogP contribution in [0.5, 0.6) is 0 Å². The van der Waals surface area contributed by atoms with Gasteiger partial charge >= 0.3 is 5.97 Å². The van der Waals surface area contributed by atoms with Crippen LogP contribution in [0.1, 0.15) is 40.2 Å². The van der Waals surface area contributed by atoms with E-state index in [4.69, 9.17) is 4.74 Å². The zero-order valence-corrected chi connectivity index (χ0v) is 16.3. The van der Waals surface area contributed by atoms with Crippen molar-refractivity contribution in [2.24, 2.45) is 0 Å². The molecule has 0 aliphatic rings. The smallest absolute Gasteiger partial charge is 0.338 e. The molecule has 0 fully saturated rings. The van der Waals surface area contributed by atoms with Crippen LogP contribution in [0.3, 0.4) is 0 Å². The fourth-order valence-electron chi connectivity index (χ4n) is 2.43. The van der Waals surface area contributed by atoms with E-state index in [0.29, 0.717) is 5.56 Å². The van der Waals surface area contributed by atoms with Gasteiger partial charge in [0.25, 0.3) is 0 Å². The fourth-order valence-corrected chi connectivity index (χ4v) is 4.50.